The van der Waals surface area contributed by atoms with Gasteiger partial charge in [0.25, 0.3) is 5.91 Å². The molecule has 0 aromatic heterocycles. The zero-order chi connectivity index (χ0) is 17.4. The Bertz CT molecular complexity index is 936. The Morgan fingerprint density at radius 2 is 1.60 bits per heavy atom. The summed E-state index contributed by atoms with van der Waals surface area (Å²) < 4.78 is 5.56. The number of nitrogens with zero attached hydrogens (tertiary/aromatic N) is 1. The number of halogens is 1. The number of aromatic hydroxyl groups is 1. The molecular formula is C20H14ClNO3. The summed E-state index contributed by atoms with van der Waals surface area (Å²) in [4.78, 5) is 14.1. The zero-order valence-corrected chi connectivity index (χ0v) is 13.9. The summed E-state index contributed by atoms with van der Waals surface area (Å²) in [7, 11) is 0. The highest BCUT2D eigenvalue weighted by molar-refractivity contribution is 6.30. The molecule has 3 aromatic carbocycles. The number of ether oxygens (including phenoxy) is 1. The second-order valence-electron chi connectivity index (χ2n) is 5.72. The molecule has 0 atom stereocenters. The molecule has 1 aliphatic rings. The van der Waals surface area contributed by atoms with Crippen molar-refractivity contribution in [1.82, 2.24) is 0 Å². The normalized spacial score (nSPS) is 13.3. The molecule has 0 unspecified atom stereocenters. The lowest BCUT2D eigenvalue weighted by atomic mass is 10.0. The lowest BCUT2D eigenvalue weighted by molar-refractivity contribution is -0.120. The summed E-state index contributed by atoms with van der Waals surface area (Å²) in [6.45, 7) is -0.00577. The lowest BCUT2D eigenvalue weighted by Crippen LogP contribution is -2.35. The van der Waals surface area contributed by atoms with Gasteiger partial charge in [-0.2, -0.15) is 0 Å². The first-order valence-corrected chi connectivity index (χ1v) is 8.14. The van der Waals surface area contributed by atoms with Crippen molar-refractivity contribution in [2.24, 2.45) is 0 Å². The maximum atomic E-state index is 12.5. The van der Waals surface area contributed by atoms with Crippen LogP contribution < -0.4 is 9.64 Å². The minimum atomic E-state index is -0.141. The Labute approximate surface area is 149 Å². The van der Waals surface area contributed by atoms with E-state index in [-0.39, 0.29) is 18.3 Å². The highest BCUT2D eigenvalue weighted by Gasteiger charge is 2.27. The standard InChI is InChI=1S/C20H14ClNO3/c21-15-4-6-16(7-5-15)22-18-11-14(13-1-8-17(23)9-2-13)3-10-19(18)25-12-20(22)24/h1-11,23H,12H2. The van der Waals surface area contributed by atoms with E-state index in [0.29, 0.717) is 16.5 Å². The number of anilines is 2. The number of benzene rings is 3. The maximum absolute atomic E-state index is 12.5. The van der Waals surface area contributed by atoms with Crippen LogP contribution in [0.1, 0.15) is 0 Å². The van der Waals surface area contributed by atoms with Crippen LogP contribution >= 0.6 is 11.6 Å². The predicted octanol–water partition coefficient (Wildman–Crippen LogP) is 4.77. The molecule has 124 valence electrons. The van der Waals surface area contributed by atoms with Gasteiger partial charge in [0.2, 0.25) is 0 Å². The third-order valence-corrected chi connectivity index (χ3v) is 4.34. The molecular weight excluding hydrogens is 338 g/mol. The van der Waals surface area contributed by atoms with Gasteiger partial charge in [-0.1, -0.05) is 29.8 Å². The first kappa shape index (κ1) is 15.5. The molecule has 4 rings (SSSR count). The third-order valence-electron chi connectivity index (χ3n) is 4.09. The van der Waals surface area contributed by atoms with E-state index in [4.69, 9.17) is 16.3 Å². The zero-order valence-electron chi connectivity index (χ0n) is 13.1. The molecule has 0 bridgehead atoms. The number of carbonyl (C=O) groups is 1. The molecule has 0 fully saturated rings. The van der Waals surface area contributed by atoms with Crippen LogP contribution in [0, 0.1) is 0 Å². The summed E-state index contributed by atoms with van der Waals surface area (Å²) in [5.74, 6) is 0.720. The number of hydrogen-bond acceptors (Lipinski definition) is 3. The monoisotopic (exact) mass is 351 g/mol. The van der Waals surface area contributed by atoms with Crippen molar-refractivity contribution in [3.8, 4) is 22.6 Å². The van der Waals surface area contributed by atoms with E-state index >= 15 is 0 Å². The van der Waals surface area contributed by atoms with Crippen molar-refractivity contribution in [3.05, 3.63) is 71.8 Å². The molecule has 5 heteroatoms. The Balaban J connectivity index is 1.81. The van der Waals surface area contributed by atoms with Crippen molar-refractivity contribution >= 4 is 28.9 Å². The predicted molar refractivity (Wildman–Crippen MR) is 97.6 cm³/mol. The smallest absolute Gasteiger partial charge is 0.269 e. The molecule has 25 heavy (non-hydrogen) atoms. The number of amides is 1. The number of hydrogen-bond donors (Lipinski definition) is 1. The topological polar surface area (TPSA) is 49.8 Å². The first-order chi connectivity index (χ1) is 12.1. The number of phenols is 1. The first-order valence-electron chi connectivity index (χ1n) is 7.76. The Morgan fingerprint density at radius 3 is 2.32 bits per heavy atom. The fraction of sp³-hybridized carbons (Fsp3) is 0.0500. The summed E-state index contributed by atoms with van der Waals surface area (Å²) in [5.41, 5.74) is 3.29. The average molecular weight is 352 g/mol. The van der Waals surface area contributed by atoms with Gasteiger partial charge in [0.15, 0.2) is 6.61 Å². The summed E-state index contributed by atoms with van der Waals surface area (Å²) in [5, 5.41) is 10.1. The van der Waals surface area contributed by atoms with Crippen LogP contribution in [-0.2, 0) is 4.79 Å². The van der Waals surface area contributed by atoms with Crippen LogP contribution in [-0.4, -0.2) is 17.6 Å². The molecule has 1 aliphatic heterocycles. The Kier molecular flexibility index (Phi) is 3.82. The fourth-order valence-electron chi connectivity index (χ4n) is 2.86. The molecule has 1 amide bonds. The van der Waals surface area contributed by atoms with Crippen LogP contribution in [0.3, 0.4) is 0 Å². The van der Waals surface area contributed by atoms with Crippen molar-refractivity contribution < 1.29 is 14.6 Å². The Morgan fingerprint density at radius 1 is 0.920 bits per heavy atom. The average Bonchev–Trinajstić information content (AvgIpc) is 2.63. The molecule has 1 heterocycles. The van der Waals surface area contributed by atoms with Crippen molar-refractivity contribution in [2.45, 2.75) is 0 Å². The van der Waals surface area contributed by atoms with Crippen molar-refractivity contribution in [3.63, 3.8) is 0 Å². The molecule has 1 N–H and O–H groups in total. The van der Waals surface area contributed by atoms with Crippen LogP contribution in [0.15, 0.2) is 66.7 Å². The Hall–Kier alpha value is -2.98. The number of carbonyl (C=O) groups excluding carboxylic acids is 1. The van der Waals surface area contributed by atoms with Crippen LogP contribution in [0.4, 0.5) is 11.4 Å². The van der Waals surface area contributed by atoms with Gasteiger partial charge in [0.1, 0.15) is 11.5 Å². The van der Waals surface area contributed by atoms with Crippen LogP contribution in [0.2, 0.25) is 5.02 Å². The van der Waals surface area contributed by atoms with Crippen molar-refractivity contribution in [1.29, 1.82) is 0 Å². The summed E-state index contributed by atoms with van der Waals surface area (Å²) >= 11 is 5.96. The number of phenolic OH excluding ortho intramolecular Hbond substituents is 1. The summed E-state index contributed by atoms with van der Waals surface area (Å²) in [6.07, 6.45) is 0. The fourth-order valence-corrected chi connectivity index (χ4v) is 2.99. The SMILES string of the molecule is O=C1COc2ccc(-c3ccc(O)cc3)cc2N1c1ccc(Cl)cc1. The molecule has 0 aliphatic carbocycles. The van der Waals surface area contributed by atoms with Crippen molar-refractivity contribution in [2.75, 3.05) is 11.5 Å². The molecule has 0 spiro atoms. The molecule has 3 aromatic rings. The lowest BCUT2D eigenvalue weighted by Gasteiger charge is -2.30. The van der Waals surface area contributed by atoms with E-state index in [2.05, 4.69) is 0 Å². The van der Waals surface area contributed by atoms with Gasteiger partial charge in [-0.3, -0.25) is 9.69 Å². The third kappa shape index (κ3) is 2.92. The van der Waals surface area contributed by atoms with Gasteiger partial charge < -0.3 is 9.84 Å². The number of fused-ring (bicyclic) bond motifs is 1. The van der Waals surface area contributed by atoms with Gasteiger partial charge >= 0.3 is 0 Å². The largest absolute Gasteiger partial charge is 0.508 e. The van der Waals surface area contributed by atoms with E-state index in [1.807, 2.05) is 42.5 Å². The maximum Gasteiger partial charge on any atom is 0.269 e. The minimum absolute atomic E-state index is 0.00577. The molecule has 0 saturated heterocycles. The van der Waals surface area contributed by atoms with Gasteiger partial charge in [0, 0.05) is 10.7 Å². The quantitative estimate of drug-likeness (QED) is 0.723. The van der Waals surface area contributed by atoms with Crippen LogP contribution in [0.25, 0.3) is 11.1 Å². The van der Waals surface area contributed by atoms with Gasteiger partial charge in [-0.05, 0) is 59.7 Å². The number of rotatable bonds is 2. The van der Waals surface area contributed by atoms with E-state index in [9.17, 15) is 9.90 Å². The summed E-state index contributed by atoms with van der Waals surface area (Å²) in [6, 6.07) is 19.7. The molecule has 4 nitrogen and oxygen atoms in total. The minimum Gasteiger partial charge on any atom is -0.508 e. The van der Waals surface area contributed by atoms with Crippen LogP contribution in [0.5, 0.6) is 11.5 Å². The van der Waals surface area contributed by atoms with E-state index in [1.54, 1.807) is 29.2 Å². The highest BCUT2D eigenvalue weighted by Crippen LogP contribution is 2.40. The van der Waals surface area contributed by atoms with Gasteiger partial charge in [-0.15, -0.1) is 0 Å². The van der Waals surface area contributed by atoms with Gasteiger partial charge in [0.05, 0.1) is 5.69 Å². The van der Waals surface area contributed by atoms with E-state index in [0.717, 1.165) is 16.8 Å². The van der Waals surface area contributed by atoms with Gasteiger partial charge in [-0.25, -0.2) is 0 Å². The second kappa shape index (κ2) is 6.15. The molecule has 0 radical (unpaired) electrons. The highest BCUT2D eigenvalue weighted by atomic mass is 35.5. The van der Waals surface area contributed by atoms with E-state index < -0.39 is 0 Å². The molecule has 0 saturated carbocycles. The van der Waals surface area contributed by atoms with E-state index in [1.165, 1.54) is 0 Å². The second-order valence-corrected chi connectivity index (χ2v) is 6.16.